The SMILES string of the molecule is CSc1ccc(C2=NCCC(C)C2)cc1. The summed E-state index contributed by atoms with van der Waals surface area (Å²) < 4.78 is 0. The van der Waals surface area contributed by atoms with Gasteiger partial charge in [0, 0.05) is 17.2 Å². The van der Waals surface area contributed by atoms with Crippen molar-refractivity contribution in [3.05, 3.63) is 29.8 Å². The highest BCUT2D eigenvalue weighted by molar-refractivity contribution is 7.98. The van der Waals surface area contributed by atoms with Crippen LogP contribution in [0.2, 0.25) is 0 Å². The van der Waals surface area contributed by atoms with Crippen LogP contribution in [0, 0.1) is 5.92 Å². The molecule has 1 nitrogen and oxygen atoms in total. The van der Waals surface area contributed by atoms with Gasteiger partial charge in [0.1, 0.15) is 0 Å². The highest BCUT2D eigenvalue weighted by atomic mass is 32.2. The maximum Gasteiger partial charge on any atom is 0.0423 e. The number of thioether (sulfide) groups is 1. The minimum absolute atomic E-state index is 0.790. The lowest BCUT2D eigenvalue weighted by molar-refractivity contribution is 0.541. The van der Waals surface area contributed by atoms with E-state index in [9.17, 15) is 0 Å². The van der Waals surface area contributed by atoms with Crippen molar-refractivity contribution in [3.8, 4) is 0 Å². The molecule has 1 atom stereocenters. The van der Waals surface area contributed by atoms with Crippen molar-refractivity contribution in [2.45, 2.75) is 24.7 Å². The summed E-state index contributed by atoms with van der Waals surface area (Å²) in [4.78, 5) is 5.94. The Morgan fingerprint density at radius 1 is 1.27 bits per heavy atom. The predicted octanol–water partition coefficient (Wildman–Crippen LogP) is 3.63. The van der Waals surface area contributed by atoms with Crippen LogP contribution in [-0.2, 0) is 0 Å². The van der Waals surface area contributed by atoms with Gasteiger partial charge in [0.05, 0.1) is 0 Å². The van der Waals surface area contributed by atoms with Gasteiger partial charge in [-0.15, -0.1) is 11.8 Å². The lowest BCUT2D eigenvalue weighted by Crippen LogP contribution is -2.14. The summed E-state index contributed by atoms with van der Waals surface area (Å²) in [5.74, 6) is 0.790. The van der Waals surface area contributed by atoms with E-state index in [4.69, 9.17) is 0 Å². The molecule has 0 saturated carbocycles. The summed E-state index contributed by atoms with van der Waals surface area (Å²) in [5, 5.41) is 0. The molecule has 0 spiro atoms. The lowest BCUT2D eigenvalue weighted by Gasteiger charge is -2.18. The van der Waals surface area contributed by atoms with Gasteiger partial charge in [-0.2, -0.15) is 0 Å². The van der Waals surface area contributed by atoms with Crippen LogP contribution in [0.5, 0.6) is 0 Å². The van der Waals surface area contributed by atoms with E-state index in [1.54, 1.807) is 11.8 Å². The van der Waals surface area contributed by atoms with Crippen LogP contribution >= 0.6 is 11.8 Å². The standard InChI is InChI=1S/C13H17NS/c1-10-7-8-14-13(9-10)11-3-5-12(15-2)6-4-11/h3-6,10H,7-9H2,1-2H3. The fourth-order valence-corrected chi connectivity index (χ4v) is 2.32. The Morgan fingerprint density at radius 2 is 2.00 bits per heavy atom. The molecule has 0 radical (unpaired) electrons. The van der Waals surface area contributed by atoms with Crippen molar-refractivity contribution < 1.29 is 0 Å². The molecule has 0 aliphatic carbocycles. The van der Waals surface area contributed by atoms with Gasteiger partial charge in [0.25, 0.3) is 0 Å². The van der Waals surface area contributed by atoms with E-state index in [0.29, 0.717) is 0 Å². The van der Waals surface area contributed by atoms with E-state index >= 15 is 0 Å². The summed E-state index contributed by atoms with van der Waals surface area (Å²) in [7, 11) is 0. The van der Waals surface area contributed by atoms with Gasteiger partial charge in [-0.1, -0.05) is 19.1 Å². The first-order chi connectivity index (χ1) is 7.29. The maximum absolute atomic E-state index is 4.62. The zero-order chi connectivity index (χ0) is 10.7. The van der Waals surface area contributed by atoms with Crippen molar-refractivity contribution in [3.63, 3.8) is 0 Å². The van der Waals surface area contributed by atoms with E-state index in [2.05, 4.69) is 42.4 Å². The van der Waals surface area contributed by atoms with Crippen molar-refractivity contribution in [1.29, 1.82) is 0 Å². The van der Waals surface area contributed by atoms with Crippen LogP contribution in [0.25, 0.3) is 0 Å². The fraction of sp³-hybridized carbons (Fsp3) is 0.462. The van der Waals surface area contributed by atoms with E-state index in [1.165, 1.54) is 22.6 Å². The summed E-state index contributed by atoms with van der Waals surface area (Å²) >= 11 is 1.78. The summed E-state index contributed by atoms with van der Waals surface area (Å²) in [6, 6.07) is 8.76. The lowest BCUT2D eigenvalue weighted by atomic mass is 9.94. The minimum Gasteiger partial charge on any atom is -0.289 e. The predicted molar refractivity (Wildman–Crippen MR) is 68.0 cm³/mol. The smallest absolute Gasteiger partial charge is 0.0423 e. The molecule has 1 heterocycles. The number of aliphatic imine (C=N–C) groups is 1. The average molecular weight is 219 g/mol. The van der Waals surface area contributed by atoms with Crippen molar-refractivity contribution >= 4 is 17.5 Å². The molecule has 0 saturated heterocycles. The van der Waals surface area contributed by atoms with Crippen LogP contribution in [0.4, 0.5) is 0 Å². The molecule has 2 rings (SSSR count). The van der Waals surface area contributed by atoms with Gasteiger partial charge in [-0.05, 0) is 42.7 Å². The van der Waals surface area contributed by atoms with Gasteiger partial charge >= 0.3 is 0 Å². The third kappa shape index (κ3) is 2.63. The molecule has 1 unspecified atom stereocenters. The Bertz CT molecular complexity index is 353. The molecule has 2 heteroatoms. The molecule has 1 aliphatic rings. The van der Waals surface area contributed by atoms with Crippen molar-refractivity contribution in [2.24, 2.45) is 10.9 Å². The maximum atomic E-state index is 4.62. The second kappa shape index (κ2) is 4.84. The van der Waals surface area contributed by atoms with Crippen LogP contribution < -0.4 is 0 Å². The number of nitrogens with zero attached hydrogens (tertiary/aromatic N) is 1. The average Bonchev–Trinajstić information content (AvgIpc) is 2.29. The topological polar surface area (TPSA) is 12.4 Å². The first-order valence-electron chi connectivity index (χ1n) is 5.47. The molecular formula is C13H17NS. The molecule has 0 bridgehead atoms. The van der Waals surface area contributed by atoms with Gasteiger partial charge in [-0.3, -0.25) is 4.99 Å². The van der Waals surface area contributed by atoms with Gasteiger partial charge in [0.15, 0.2) is 0 Å². The molecule has 80 valence electrons. The summed E-state index contributed by atoms with van der Waals surface area (Å²) in [5.41, 5.74) is 2.60. The van der Waals surface area contributed by atoms with E-state index < -0.39 is 0 Å². The molecular weight excluding hydrogens is 202 g/mol. The third-order valence-electron chi connectivity index (χ3n) is 2.89. The van der Waals surface area contributed by atoms with Gasteiger partial charge in [-0.25, -0.2) is 0 Å². The molecule has 0 fully saturated rings. The normalized spacial score (nSPS) is 21.2. The quantitative estimate of drug-likeness (QED) is 0.692. The fourth-order valence-electron chi connectivity index (χ4n) is 1.91. The number of hydrogen-bond donors (Lipinski definition) is 0. The highest BCUT2D eigenvalue weighted by Crippen LogP contribution is 2.21. The monoisotopic (exact) mass is 219 g/mol. The summed E-state index contributed by atoms with van der Waals surface area (Å²) in [6.45, 7) is 3.31. The Morgan fingerprint density at radius 3 is 2.60 bits per heavy atom. The molecule has 0 N–H and O–H groups in total. The van der Waals surface area contributed by atoms with E-state index in [1.807, 2.05) is 0 Å². The molecule has 1 aromatic rings. The minimum atomic E-state index is 0.790. The Kier molecular flexibility index (Phi) is 3.47. The Balaban J connectivity index is 2.18. The first-order valence-corrected chi connectivity index (χ1v) is 6.70. The Labute approximate surface area is 96.0 Å². The van der Waals surface area contributed by atoms with Crippen LogP contribution in [0.1, 0.15) is 25.3 Å². The van der Waals surface area contributed by atoms with Crippen LogP contribution in [-0.4, -0.2) is 18.5 Å². The molecule has 15 heavy (non-hydrogen) atoms. The first kappa shape index (κ1) is 10.7. The second-order valence-corrected chi connectivity index (χ2v) is 5.03. The van der Waals surface area contributed by atoms with Crippen molar-refractivity contribution in [2.75, 3.05) is 12.8 Å². The van der Waals surface area contributed by atoms with Crippen LogP contribution in [0.3, 0.4) is 0 Å². The zero-order valence-electron chi connectivity index (χ0n) is 9.36. The summed E-state index contributed by atoms with van der Waals surface area (Å²) in [6.07, 6.45) is 4.49. The molecule has 1 aliphatic heterocycles. The van der Waals surface area contributed by atoms with Crippen LogP contribution in [0.15, 0.2) is 34.2 Å². The molecule has 0 amide bonds. The number of hydrogen-bond acceptors (Lipinski definition) is 2. The zero-order valence-corrected chi connectivity index (χ0v) is 10.2. The van der Waals surface area contributed by atoms with Gasteiger partial charge < -0.3 is 0 Å². The number of rotatable bonds is 2. The second-order valence-electron chi connectivity index (χ2n) is 4.15. The number of benzene rings is 1. The van der Waals surface area contributed by atoms with E-state index in [-0.39, 0.29) is 0 Å². The molecule has 0 aromatic heterocycles. The highest BCUT2D eigenvalue weighted by Gasteiger charge is 2.13. The van der Waals surface area contributed by atoms with Gasteiger partial charge in [0.2, 0.25) is 0 Å². The Hall–Kier alpha value is -0.760. The third-order valence-corrected chi connectivity index (χ3v) is 3.63. The van der Waals surface area contributed by atoms with E-state index in [0.717, 1.165) is 18.9 Å². The largest absolute Gasteiger partial charge is 0.289 e. The molecule has 1 aromatic carbocycles. The van der Waals surface area contributed by atoms with Crippen molar-refractivity contribution in [1.82, 2.24) is 0 Å².